The number of aromatic nitrogens is 2. The number of aromatic amines is 1. The highest BCUT2D eigenvalue weighted by Crippen LogP contribution is 1.94. The highest BCUT2D eigenvalue weighted by atomic mass is 16.1. The molecule has 0 bridgehead atoms. The number of hydrogen-bond acceptors (Lipinski definition) is 5. The van der Waals surface area contributed by atoms with Gasteiger partial charge in [0.15, 0.2) is 5.96 Å². The van der Waals surface area contributed by atoms with Gasteiger partial charge in [-0.25, -0.2) is 4.98 Å². The van der Waals surface area contributed by atoms with Crippen LogP contribution in [-0.4, -0.2) is 28.5 Å². The van der Waals surface area contributed by atoms with E-state index in [2.05, 4.69) is 32.5 Å². The van der Waals surface area contributed by atoms with Crippen LogP contribution >= 0.6 is 0 Å². The molecule has 2 rings (SSSR count). The van der Waals surface area contributed by atoms with Crippen LogP contribution < -0.4 is 16.2 Å². The molecular weight excluding hydrogens is 206 g/mol. The normalized spacial score (nSPS) is 19.1. The molecule has 16 heavy (non-hydrogen) atoms. The van der Waals surface area contributed by atoms with Gasteiger partial charge in [-0.3, -0.25) is 9.79 Å². The molecule has 0 aliphatic carbocycles. The van der Waals surface area contributed by atoms with Crippen LogP contribution in [0.3, 0.4) is 0 Å². The summed E-state index contributed by atoms with van der Waals surface area (Å²) < 4.78 is 0. The molecule has 0 amide bonds. The SMILES string of the molecule is Cc1ncc(CNC2=NCC(C)N2)c(=O)[nH]1. The van der Waals surface area contributed by atoms with Crippen molar-refractivity contribution in [3.8, 4) is 0 Å². The number of guanidine groups is 1. The first-order chi connectivity index (χ1) is 7.65. The maximum Gasteiger partial charge on any atom is 0.255 e. The Bertz CT molecular complexity index is 465. The molecule has 1 atom stereocenters. The Hall–Kier alpha value is -1.85. The summed E-state index contributed by atoms with van der Waals surface area (Å²) in [5, 5.41) is 6.23. The first kappa shape index (κ1) is 10.7. The summed E-state index contributed by atoms with van der Waals surface area (Å²) in [5.41, 5.74) is 0.501. The lowest BCUT2D eigenvalue weighted by molar-refractivity contribution is 0.712. The van der Waals surface area contributed by atoms with Crippen LogP contribution in [0.4, 0.5) is 0 Å². The number of H-pyrrole nitrogens is 1. The lowest BCUT2D eigenvalue weighted by Crippen LogP contribution is -2.38. The van der Waals surface area contributed by atoms with Crippen LogP contribution in [0.5, 0.6) is 0 Å². The van der Waals surface area contributed by atoms with Crippen molar-refractivity contribution in [1.29, 1.82) is 0 Å². The van der Waals surface area contributed by atoms with Crippen molar-refractivity contribution in [1.82, 2.24) is 20.6 Å². The Labute approximate surface area is 93.2 Å². The summed E-state index contributed by atoms with van der Waals surface area (Å²) in [4.78, 5) is 22.5. The summed E-state index contributed by atoms with van der Waals surface area (Å²) in [7, 11) is 0. The molecular formula is C10H15N5O. The number of hydrogen-bond donors (Lipinski definition) is 3. The predicted octanol–water partition coefficient (Wildman–Crippen LogP) is -0.484. The fourth-order valence-electron chi connectivity index (χ4n) is 1.47. The molecule has 6 heteroatoms. The van der Waals surface area contributed by atoms with Gasteiger partial charge in [0.2, 0.25) is 0 Å². The zero-order valence-corrected chi connectivity index (χ0v) is 9.37. The molecule has 1 aliphatic heterocycles. The minimum absolute atomic E-state index is 0.105. The van der Waals surface area contributed by atoms with Crippen LogP contribution in [0.15, 0.2) is 16.0 Å². The van der Waals surface area contributed by atoms with Crippen molar-refractivity contribution in [3.63, 3.8) is 0 Å². The summed E-state index contributed by atoms with van der Waals surface area (Å²) in [6.45, 7) is 5.01. The van der Waals surface area contributed by atoms with E-state index in [1.165, 1.54) is 0 Å². The zero-order chi connectivity index (χ0) is 11.5. The van der Waals surface area contributed by atoms with Crippen molar-refractivity contribution in [2.75, 3.05) is 6.54 Å². The first-order valence-electron chi connectivity index (χ1n) is 5.25. The van der Waals surface area contributed by atoms with Gasteiger partial charge in [-0.15, -0.1) is 0 Å². The first-order valence-corrected chi connectivity index (χ1v) is 5.25. The van der Waals surface area contributed by atoms with Crippen LogP contribution in [0.1, 0.15) is 18.3 Å². The third-order valence-corrected chi connectivity index (χ3v) is 2.35. The highest BCUT2D eigenvalue weighted by Gasteiger charge is 2.12. The molecule has 0 radical (unpaired) electrons. The van der Waals surface area contributed by atoms with Crippen molar-refractivity contribution in [2.45, 2.75) is 26.4 Å². The topological polar surface area (TPSA) is 82.2 Å². The van der Waals surface area contributed by atoms with Gasteiger partial charge in [0.1, 0.15) is 5.82 Å². The molecule has 0 spiro atoms. The molecule has 0 saturated carbocycles. The third kappa shape index (κ3) is 2.39. The van der Waals surface area contributed by atoms with Gasteiger partial charge in [-0.2, -0.15) is 0 Å². The second kappa shape index (κ2) is 4.34. The van der Waals surface area contributed by atoms with Gasteiger partial charge >= 0.3 is 0 Å². The number of rotatable bonds is 2. The number of aryl methyl sites for hydroxylation is 1. The highest BCUT2D eigenvalue weighted by molar-refractivity contribution is 5.81. The minimum atomic E-state index is -0.105. The Morgan fingerprint density at radius 1 is 1.62 bits per heavy atom. The summed E-state index contributed by atoms with van der Waals surface area (Å²) in [6, 6.07) is 0.358. The molecule has 1 aromatic heterocycles. The standard InChI is InChI=1S/C10H15N5O/c1-6-3-12-10(14-6)13-5-8-4-11-7(2)15-9(8)16/h4,6H,3,5H2,1-2H3,(H,11,15,16)(H2,12,13,14). The van der Waals surface area contributed by atoms with Crippen LogP contribution in [0.2, 0.25) is 0 Å². The lowest BCUT2D eigenvalue weighted by Gasteiger charge is -2.08. The summed E-state index contributed by atoms with van der Waals surface area (Å²) >= 11 is 0. The number of nitrogens with zero attached hydrogens (tertiary/aromatic N) is 2. The fraction of sp³-hybridized carbons (Fsp3) is 0.500. The molecule has 3 N–H and O–H groups in total. The second-order valence-electron chi connectivity index (χ2n) is 3.91. The Morgan fingerprint density at radius 2 is 2.44 bits per heavy atom. The number of aliphatic imine (C=N–C) groups is 1. The Morgan fingerprint density at radius 3 is 3.06 bits per heavy atom. The molecule has 1 unspecified atom stereocenters. The molecule has 86 valence electrons. The van der Waals surface area contributed by atoms with Gasteiger partial charge in [-0.05, 0) is 13.8 Å². The molecule has 2 heterocycles. The molecule has 1 aliphatic rings. The third-order valence-electron chi connectivity index (χ3n) is 2.35. The van der Waals surface area contributed by atoms with E-state index in [-0.39, 0.29) is 5.56 Å². The van der Waals surface area contributed by atoms with Crippen LogP contribution in [-0.2, 0) is 6.54 Å². The Balaban J connectivity index is 1.97. The maximum atomic E-state index is 11.5. The van der Waals surface area contributed by atoms with Crippen LogP contribution in [0, 0.1) is 6.92 Å². The summed E-state index contributed by atoms with van der Waals surface area (Å²) in [6.07, 6.45) is 1.58. The van der Waals surface area contributed by atoms with Gasteiger partial charge < -0.3 is 15.6 Å². The second-order valence-corrected chi connectivity index (χ2v) is 3.91. The monoisotopic (exact) mass is 221 g/mol. The van der Waals surface area contributed by atoms with E-state index >= 15 is 0 Å². The van der Waals surface area contributed by atoms with E-state index in [1.54, 1.807) is 13.1 Å². The van der Waals surface area contributed by atoms with Crippen molar-refractivity contribution in [2.24, 2.45) is 4.99 Å². The zero-order valence-electron chi connectivity index (χ0n) is 9.37. The lowest BCUT2D eigenvalue weighted by atomic mass is 10.3. The van der Waals surface area contributed by atoms with Crippen molar-refractivity contribution < 1.29 is 0 Å². The van der Waals surface area contributed by atoms with Crippen LogP contribution in [0.25, 0.3) is 0 Å². The van der Waals surface area contributed by atoms with E-state index < -0.39 is 0 Å². The largest absolute Gasteiger partial charge is 0.352 e. The van der Waals surface area contributed by atoms with E-state index in [4.69, 9.17) is 0 Å². The van der Waals surface area contributed by atoms with Crippen molar-refractivity contribution >= 4 is 5.96 Å². The van der Waals surface area contributed by atoms with Crippen molar-refractivity contribution in [3.05, 3.63) is 27.9 Å². The molecule has 0 fully saturated rings. The summed E-state index contributed by atoms with van der Waals surface area (Å²) in [5.74, 6) is 1.37. The van der Waals surface area contributed by atoms with Gasteiger partial charge in [0.25, 0.3) is 5.56 Å². The molecule has 6 nitrogen and oxygen atoms in total. The van der Waals surface area contributed by atoms with Gasteiger partial charge in [0, 0.05) is 18.8 Å². The van der Waals surface area contributed by atoms with Gasteiger partial charge in [0.05, 0.1) is 12.1 Å². The van der Waals surface area contributed by atoms with E-state index in [9.17, 15) is 4.79 Å². The van der Waals surface area contributed by atoms with E-state index in [1.807, 2.05) is 0 Å². The molecule has 1 aromatic rings. The quantitative estimate of drug-likeness (QED) is 0.629. The predicted molar refractivity (Wildman–Crippen MR) is 61.3 cm³/mol. The Kier molecular flexibility index (Phi) is 2.89. The average Bonchev–Trinajstić information content (AvgIpc) is 2.63. The fourth-order valence-corrected chi connectivity index (χ4v) is 1.47. The smallest absolute Gasteiger partial charge is 0.255 e. The minimum Gasteiger partial charge on any atom is -0.352 e. The van der Waals surface area contributed by atoms with E-state index in [0.717, 1.165) is 12.5 Å². The maximum absolute atomic E-state index is 11.5. The molecule has 0 aromatic carbocycles. The molecule has 0 saturated heterocycles. The number of nitrogens with one attached hydrogen (secondary N) is 3. The average molecular weight is 221 g/mol. The van der Waals surface area contributed by atoms with E-state index in [0.29, 0.717) is 24.0 Å². The van der Waals surface area contributed by atoms with Gasteiger partial charge in [-0.1, -0.05) is 0 Å².